The van der Waals surface area contributed by atoms with E-state index in [4.69, 9.17) is 5.73 Å². The van der Waals surface area contributed by atoms with Crippen LogP contribution in [-0.4, -0.2) is 40.6 Å². The molecule has 0 spiro atoms. The summed E-state index contributed by atoms with van der Waals surface area (Å²) < 4.78 is 0. The van der Waals surface area contributed by atoms with Crippen molar-refractivity contribution in [1.29, 1.82) is 0 Å². The topological polar surface area (TPSA) is 66.6 Å². The first-order valence-corrected chi connectivity index (χ1v) is 6.30. The lowest BCUT2D eigenvalue weighted by Crippen LogP contribution is -2.53. The Kier molecular flexibility index (Phi) is 3.68. The van der Waals surface area contributed by atoms with Crippen LogP contribution in [0.3, 0.4) is 0 Å². The standard InChI is InChI=1S/C14H20N2O2/c1-14(13(17)18,16-8-7-12(15)10-16)9-11-5-3-2-4-6-11/h2-6,12H,7-10,15H2,1H3,(H,17,18). The van der Waals surface area contributed by atoms with Crippen LogP contribution in [0.1, 0.15) is 18.9 Å². The van der Waals surface area contributed by atoms with Crippen LogP contribution < -0.4 is 5.73 Å². The minimum absolute atomic E-state index is 0.0967. The summed E-state index contributed by atoms with van der Waals surface area (Å²) >= 11 is 0. The first-order valence-electron chi connectivity index (χ1n) is 6.30. The molecule has 1 aromatic rings. The second kappa shape index (κ2) is 5.08. The number of hydrogen-bond acceptors (Lipinski definition) is 3. The molecule has 0 aromatic heterocycles. The highest BCUT2D eigenvalue weighted by atomic mass is 16.4. The van der Waals surface area contributed by atoms with Gasteiger partial charge in [-0.25, -0.2) is 0 Å². The zero-order valence-corrected chi connectivity index (χ0v) is 10.7. The first kappa shape index (κ1) is 13.1. The third-order valence-corrected chi connectivity index (χ3v) is 3.77. The van der Waals surface area contributed by atoms with Gasteiger partial charge in [0.05, 0.1) is 0 Å². The van der Waals surface area contributed by atoms with E-state index in [9.17, 15) is 9.90 Å². The molecule has 2 rings (SSSR count). The van der Waals surface area contributed by atoms with Crippen LogP contribution in [0.2, 0.25) is 0 Å². The highest BCUT2D eigenvalue weighted by Gasteiger charge is 2.42. The highest BCUT2D eigenvalue weighted by molar-refractivity contribution is 5.78. The fourth-order valence-electron chi connectivity index (χ4n) is 2.55. The SMILES string of the molecule is CC(Cc1ccccc1)(C(=O)O)N1CCC(N)C1. The van der Waals surface area contributed by atoms with Gasteiger partial charge in [0.15, 0.2) is 0 Å². The van der Waals surface area contributed by atoms with E-state index in [1.165, 1.54) is 0 Å². The largest absolute Gasteiger partial charge is 0.480 e. The molecule has 4 heteroatoms. The van der Waals surface area contributed by atoms with Crippen LogP contribution in [0, 0.1) is 0 Å². The Labute approximate surface area is 107 Å². The molecule has 3 N–H and O–H groups in total. The highest BCUT2D eigenvalue weighted by Crippen LogP contribution is 2.25. The number of likely N-dealkylation sites (tertiary alicyclic amines) is 1. The van der Waals surface area contributed by atoms with E-state index in [1.807, 2.05) is 35.2 Å². The van der Waals surface area contributed by atoms with Gasteiger partial charge in [-0.05, 0) is 18.9 Å². The Morgan fingerprint density at radius 2 is 2.17 bits per heavy atom. The number of aliphatic carboxylic acids is 1. The van der Waals surface area contributed by atoms with Crippen molar-refractivity contribution in [2.45, 2.75) is 31.3 Å². The van der Waals surface area contributed by atoms with Crippen molar-refractivity contribution in [2.24, 2.45) is 5.73 Å². The van der Waals surface area contributed by atoms with Crippen LogP contribution in [0.4, 0.5) is 0 Å². The second-order valence-electron chi connectivity index (χ2n) is 5.24. The molecule has 4 nitrogen and oxygen atoms in total. The fraction of sp³-hybridized carbons (Fsp3) is 0.500. The van der Waals surface area contributed by atoms with Crippen LogP contribution in [-0.2, 0) is 11.2 Å². The first-order chi connectivity index (χ1) is 8.52. The molecule has 1 fully saturated rings. The van der Waals surface area contributed by atoms with Crippen molar-refractivity contribution in [1.82, 2.24) is 4.90 Å². The van der Waals surface area contributed by atoms with E-state index >= 15 is 0 Å². The molecule has 18 heavy (non-hydrogen) atoms. The van der Waals surface area contributed by atoms with Crippen LogP contribution >= 0.6 is 0 Å². The molecule has 1 aliphatic heterocycles. The zero-order valence-electron chi connectivity index (χ0n) is 10.7. The summed E-state index contributed by atoms with van der Waals surface area (Å²) in [7, 11) is 0. The number of carbonyl (C=O) groups is 1. The molecule has 1 saturated heterocycles. The quantitative estimate of drug-likeness (QED) is 0.837. The molecule has 1 aromatic carbocycles. The molecule has 2 atom stereocenters. The lowest BCUT2D eigenvalue weighted by atomic mass is 9.91. The van der Waals surface area contributed by atoms with E-state index in [0.717, 1.165) is 18.5 Å². The van der Waals surface area contributed by atoms with Crippen molar-refractivity contribution in [3.63, 3.8) is 0 Å². The van der Waals surface area contributed by atoms with Crippen molar-refractivity contribution in [3.8, 4) is 0 Å². The molecule has 2 unspecified atom stereocenters. The molecule has 0 radical (unpaired) electrons. The molecule has 0 saturated carbocycles. The summed E-state index contributed by atoms with van der Waals surface area (Å²) in [6.45, 7) is 3.22. The zero-order chi connectivity index (χ0) is 13.2. The maximum Gasteiger partial charge on any atom is 0.324 e. The maximum absolute atomic E-state index is 11.6. The Hall–Kier alpha value is -1.39. The number of benzene rings is 1. The molecule has 0 aliphatic carbocycles. The maximum atomic E-state index is 11.6. The van der Waals surface area contributed by atoms with Gasteiger partial charge >= 0.3 is 5.97 Å². The van der Waals surface area contributed by atoms with Crippen LogP contribution in [0.25, 0.3) is 0 Å². The Morgan fingerprint density at radius 1 is 1.50 bits per heavy atom. The number of hydrogen-bond donors (Lipinski definition) is 2. The lowest BCUT2D eigenvalue weighted by molar-refractivity contribution is -0.149. The Balaban J connectivity index is 2.19. The molecule has 0 bridgehead atoms. The predicted octanol–water partition coefficient (Wildman–Crippen LogP) is 1.11. The summed E-state index contributed by atoms with van der Waals surface area (Å²) in [5, 5.41) is 9.56. The molecule has 0 amide bonds. The Bertz CT molecular complexity index is 421. The van der Waals surface area contributed by atoms with E-state index in [2.05, 4.69) is 0 Å². The van der Waals surface area contributed by atoms with Crippen LogP contribution in [0.15, 0.2) is 30.3 Å². The molecule has 1 aliphatic rings. The number of carboxylic acid groups (broad SMARTS) is 1. The van der Waals surface area contributed by atoms with Gasteiger partial charge in [-0.1, -0.05) is 30.3 Å². The monoisotopic (exact) mass is 248 g/mol. The number of carboxylic acids is 1. The molecule has 1 heterocycles. The van der Waals surface area contributed by atoms with Crippen molar-refractivity contribution in [2.75, 3.05) is 13.1 Å². The average molecular weight is 248 g/mol. The lowest BCUT2D eigenvalue weighted by Gasteiger charge is -2.35. The van der Waals surface area contributed by atoms with Gasteiger partial charge in [0.1, 0.15) is 5.54 Å². The van der Waals surface area contributed by atoms with E-state index in [1.54, 1.807) is 6.92 Å². The molecular weight excluding hydrogens is 228 g/mol. The third kappa shape index (κ3) is 2.54. The minimum Gasteiger partial charge on any atom is -0.480 e. The summed E-state index contributed by atoms with van der Waals surface area (Å²) in [5.74, 6) is -0.777. The van der Waals surface area contributed by atoms with E-state index < -0.39 is 11.5 Å². The fourth-order valence-corrected chi connectivity index (χ4v) is 2.55. The second-order valence-corrected chi connectivity index (χ2v) is 5.24. The minimum atomic E-state index is -0.866. The van der Waals surface area contributed by atoms with Crippen molar-refractivity contribution >= 4 is 5.97 Å². The number of nitrogens with two attached hydrogens (primary N) is 1. The molecule has 98 valence electrons. The normalized spacial score (nSPS) is 23.8. The van der Waals surface area contributed by atoms with Crippen molar-refractivity contribution < 1.29 is 9.90 Å². The van der Waals surface area contributed by atoms with Gasteiger partial charge in [0.2, 0.25) is 0 Å². The van der Waals surface area contributed by atoms with Crippen molar-refractivity contribution in [3.05, 3.63) is 35.9 Å². The van der Waals surface area contributed by atoms with Gasteiger partial charge < -0.3 is 10.8 Å². The van der Waals surface area contributed by atoms with Gasteiger partial charge in [0.25, 0.3) is 0 Å². The summed E-state index contributed by atoms with van der Waals surface area (Å²) in [6.07, 6.45) is 1.38. The smallest absolute Gasteiger partial charge is 0.324 e. The summed E-state index contributed by atoms with van der Waals surface area (Å²) in [4.78, 5) is 13.6. The van der Waals surface area contributed by atoms with Gasteiger partial charge in [0, 0.05) is 25.6 Å². The molecular formula is C14H20N2O2. The average Bonchev–Trinajstić information content (AvgIpc) is 2.77. The number of nitrogens with zero attached hydrogens (tertiary/aromatic N) is 1. The number of rotatable bonds is 4. The third-order valence-electron chi connectivity index (χ3n) is 3.77. The van der Waals surface area contributed by atoms with Crippen LogP contribution in [0.5, 0.6) is 0 Å². The van der Waals surface area contributed by atoms with Gasteiger partial charge in [-0.3, -0.25) is 9.69 Å². The van der Waals surface area contributed by atoms with Gasteiger partial charge in [-0.15, -0.1) is 0 Å². The van der Waals surface area contributed by atoms with Gasteiger partial charge in [-0.2, -0.15) is 0 Å². The summed E-state index contributed by atoms with van der Waals surface area (Å²) in [6, 6.07) is 9.85. The van der Waals surface area contributed by atoms with E-state index in [-0.39, 0.29) is 6.04 Å². The van der Waals surface area contributed by atoms with E-state index in [0.29, 0.717) is 13.0 Å². The Morgan fingerprint density at radius 3 is 2.67 bits per heavy atom. The predicted molar refractivity (Wildman–Crippen MR) is 70.4 cm³/mol. The summed E-state index contributed by atoms with van der Waals surface area (Å²) in [5.41, 5.74) is 6.06.